The Balaban J connectivity index is 1.57. The summed E-state index contributed by atoms with van der Waals surface area (Å²) in [6.45, 7) is 5.91. The molecular weight excluding hydrogens is 326 g/mol. The van der Waals surface area contributed by atoms with Crippen molar-refractivity contribution in [3.63, 3.8) is 0 Å². The van der Waals surface area contributed by atoms with E-state index >= 15 is 0 Å². The molecule has 1 atom stereocenters. The van der Waals surface area contributed by atoms with Crippen LogP contribution in [0.4, 0.5) is 0 Å². The molecule has 0 aromatic heterocycles. The zero-order chi connectivity index (χ0) is 18.7. The second kappa shape index (κ2) is 8.21. The molecule has 2 amide bonds. The lowest BCUT2D eigenvalue weighted by atomic mass is 9.93. The molecule has 2 aliphatic rings. The molecule has 5 nitrogen and oxygen atoms in total. The van der Waals surface area contributed by atoms with Gasteiger partial charge in [0.2, 0.25) is 11.8 Å². The van der Waals surface area contributed by atoms with Crippen molar-refractivity contribution >= 4 is 11.8 Å². The summed E-state index contributed by atoms with van der Waals surface area (Å²) in [5.41, 5.74) is 7.18. The molecule has 1 aliphatic heterocycles. The lowest BCUT2D eigenvalue weighted by molar-refractivity contribution is -0.142. The summed E-state index contributed by atoms with van der Waals surface area (Å²) in [6.07, 6.45) is 3.71. The number of amides is 2. The van der Waals surface area contributed by atoms with Crippen LogP contribution in [0.3, 0.4) is 0 Å². The van der Waals surface area contributed by atoms with E-state index in [4.69, 9.17) is 5.73 Å². The van der Waals surface area contributed by atoms with Gasteiger partial charge in [-0.25, -0.2) is 0 Å². The number of nitrogens with two attached hydrogens (primary N) is 1. The molecule has 1 aromatic carbocycles. The molecule has 0 bridgehead atoms. The van der Waals surface area contributed by atoms with Gasteiger partial charge in [0.25, 0.3) is 0 Å². The average Bonchev–Trinajstić information content (AvgIpc) is 3.50. The Morgan fingerprint density at radius 3 is 2.27 bits per heavy atom. The molecule has 0 spiro atoms. The summed E-state index contributed by atoms with van der Waals surface area (Å²) < 4.78 is 0. The number of carbonyl (C=O) groups is 2. The van der Waals surface area contributed by atoms with Crippen molar-refractivity contribution in [3.05, 3.63) is 35.9 Å². The van der Waals surface area contributed by atoms with Gasteiger partial charge in [-0.1, -0.05) is 44.2 Å². The van der Waals surface area contributed by atoms with Crippen molar-refractivity contribution in [2.45, 2.75) is 58.2 Å². The van der Waals surface area contributed by atoms with Crippen LogP contribution in [0, 0.1) is 11.8 Å². The first-order valence-corrected chi connectivity index (χ1v) is 9.86. The van der Waals surface area contributed by atoms with Crippen LogP contribution in [0.2, 0.25) is 0 Å². The number of hydrogen-bond donors (Lipinski definition) is 1. The van der Waals surface area contributed by atoms with Crippen LogP contribution in [0.5, 0.6) is 0 Å². The first-order valence-electron chi connectivity index (χ1n) is 9.86. The minimum Gasteiger partial charge on any atom is -0.341 e. The van der Waals surface area contributed by atoms with Crippen LogP contribution in [0.25, 0.3) is 0 Å². The summed E-state index contributed by atoms with van der Waals surface area (Å²) >= 11 is 0. The lowest BCUT2D eigenvalue weighted by Crippen LogP contribution is -2.51. The highest BCUT2D eigenvalue weighted by Gasteiger charge is 2.37. The van der Waals surface area contributed by atoms with Crippen molar-refractivity contribution in [1.29, 1.82) is 0 Å². The van der Waals surface area contributed by atoms with Crippen molar-refractivity contribution in [1.82, 2.24) is 9.80 Å². The minimum absolute atomic E-state index is 0.0224. The second-order valence-corrected chi connectivity index (χ2v) is 8.05. The highest BCUT2D eigenvalue weighted by atomic mass is 16.2. The molecule has 5 heteroatoms. The van der Waals surface area contributed by atoms with Crippen molar-refractivity contribution in [2.75, 3.05) is 13.1 Å². The lowest BCUT2D eigenvalue weighted by Gasteiger charge is -2.36. The summed E-state index contributed by atoms with van der Waals surface area (Å²) in [5.74, 6) is 0.447. The normalized spacial score (nSPS) is 19.5. The number of carbonyl (C=O) groups excluding carboxylic acids is 2. The van der Waals surface area contributed by atoms with Gasteiger partial charge in [-0.05, 0) is 37.2 Å². The number of piperidine rings is 1. The maximum Gasteiger partial charge on any atom is 0.239 e. The van der Waals surface area contributed by atoms with Crippen molar-refractivity contribution in [3.8, 4) is 0 Å². The summed E-state index contributed by atoms with van der Waals surface area (Å²) in [4.78, 5) is 29.4. The molecule has 1 aliphatic carbocycles. The fourth-order valence-corrected chi connectivity index (χ4v) is 3.63. The predicted molar refractivity (Wildman–Crippen MR) is 102 cm³/mol. The molecule has 0 unspecified atom stereocenters. The smallest absolute Gasteiger partial charge is 0.239 e. The monoisotopic (exact) mass is 357 g/mol. The molecule has 2 N–H and O–H groups in total. The molecule has 0 radical (unpaired) electrons. The summed E-state index contributed by atoms with van der Waals surface area (Å²) in [7, 11) is 0. The van der Waals surface area contributed by atoms with Gasteiger partial charge in [-0.3, -0.25) is 9.59 Å². The molecule has 1 heterocycles. The molecule has 142 valence electrons. The average molecular weight is 357 g/mol. The number of likely N-dealkylation sites (tertiary alicyclic amines) is 1. The van der Waals surface area contributed by atoms with Crippen LogP contribution >= 0.6 is 0 Å². The van der Waals surface area contributed by atoms with E-state index in [0.717, 1.165) is 25.7 Å². The van der Waals surface area contributed by atoms with E-state index in [9.17, 15) is 9.59 Å². The highest BCUT2D eigenvalue weighted by molar-refractivity contribution is 5.83. The largest absolute Gasteiger partial charge is 0.341 e. The third kappa shape index (κ3) is 4.44. The van der Waals surface area contributed by atoms with Gasteiger partial charge < -0.3 is 15.5 Å². The van der Waals surface area contributed by atoms with Gasteiger partial charge >= 0.3 is 0 Å². The van der Waals surface area contributed by atoms with Gasteiger partial charge in [0.05, 0.1) is 6.04 Å². The van der Waals surface area contributed by atoms with Gasteiger partial charge in [0.15, 0.2) is 0 Å². The van der Waals surface area contributed by atoms with E-state index in [1.807, 2.05) is 36.9 Å². The first kappa shape index (κ1) is 18.9. The molecule has 3 rings (SSSR count). The Kier molecular flexibility index (Phi) is 5.97. The highest BCUT2D eigenvalue weighted by Crippen LogP contribution is 2.32. The molecule has 1 aromatic rings. The quantitative estimate of drug-likeness (QED) is 0.850. The predicted octanol–water partition coefficient (Wildman–Crippen LogP) is 2.40. The topological polar surface area (TPSA) is 66.6 Å². The Morgan fingerprint density at radius 2 is 1.73 bits per heavy atom. The van der Waals surface area contributed by atoms with E-state index in [-0.39, 0.29) is 23.7 Å². The number of hydrogen-bond acceptors (Lipinski definition) is 3. The molecule has 1 saturated carbocycles. The van der Waals surface area contributed by atoms with Crippen molar-refractivity contribution in [2.24, 2.45) is 17.6 Å². The second-order valence-electron chi connectivity index (χ2n) is 8.05. The van der Waals surface area contributed by atoms with Gasteiger partial charge in [0, 0.05) is 31.6 Å². The minimum atomic E-state index is -0.441. The van der Waals surface area contributed by atoms with E-state index in [1.165, 1.54) is 5.56 Å². The maximum absolute atomic E-state index is 13.1. The standard InChI is InChI=1S/C21H31N3O2/c1-15(2)19(22)21(26)23-12-10-17(11-13-23)20(25)24(18-8-9-18)14-16-6-4-3-5-7-16/h3-7,15,17-19H,8-14,22H2,1-2H3/t19-/m0/s1. The third-order valence-electron chi connectivity index (χ3n) is 5.63. The van der Waals surface area contributed by atoms with Crippen LogP contribution in [-0.2, 0) is 16.1 Å². The van der Waals surface area contributed by atoms with E-state index < -0.39 is 6.04 Å². The molecule has 2 fully saturated rings. The number of rotatable bonds is 6. The zero-order valence-electron chi connectivity index (χ0n) is 15.9. The Morgan fingerprint density at radius 1 is 1.12 bits per heavy atom. The Labute approximate surface area is 156 Å². The molecule has 1 saturated heterocycles. The van der Waals surface area contributed by atoms with Gasteiger partial charge in [-0.15, -0.1) is 0 Å². The van der Waals surface area contributed by atoms with Gasteiger partial charge in [0.1, 0.15) is 0 Å². The van der Waals surface area contributed by atoms with Crippen LogP contribution in [0.1, 0.15) is 45.1 Å². The SMILES string of the molecule is CC(C)[C@H](N)C(=O)N1CCC(C(=O)N(Cc2ccccc2)C2CC2)CC1. The third-order valence-corrected chi connectivity index (χ3v) is 5.63. The van der Waals surface area contributed by atoms with E-state index in [2.05, 4.69) is 17.0 Å². The van der Waals surface area contributed by atoms with Crippen LogP contribution in [-0.4, -0.2) is 46.8 Å². The van der Waals surface area contributed by atoms with Gasteiger partial charge in [-0.2, -0.15) is 0 Å². The first-order chi connectivity index (χ1) is 12.5. The van der Waals surface area contributed by atoms with Crippen LogP contribution in [0.15, 0.2) is 30.3 Å². The number of nitrogens with zero attached hydrogens (tertiary/aromatic N) is 2. The van der Waals surface area contributed by atoms with Crippen LogP contribution < -0.4 is 5.73 Å². The Bertz CT molecular complexity index is 619. The molecule has 26 heavy (non-hydrogen) atoms. The number of benzene rings is 1. The summed E-state index contributed by atoms with van der Waals surface area (Å²) in [6, 6.07) is 10.2. The fraction of sp³-hybridized carbons (Fsp3) is 0.619. The summed E-state index contributed by atoms with van der Waals surface area (Å²) in [5, 5.41) is 0. The van der Waals surface area contributed by atoms with E-state index in [1.54, 1.807) is 0 Å². The van der Waals surface area contributed by atoms with Crippen molar-refractivity contribution < 1.29 is 9.59 Å². The Hall–Kier alpha value is -1.88. The maximum atomic E-state index is 13.1. The fourth-order valence-electron chi connectivity index (χ4n) is 3.63. The van der Waals surface area contributed by atoms with E-state index in [0.29, 0.717) is 25.7 Å². The molecular formula is C21H31N3O2. The zero-order valence-corrected chi connectivity index (χ0v) is 15.9.